The minimum Gasteiger partial charge on any atom is -0.394 e. The molecule has 0 aliphatic heterocycles. The molecule has 4 nitrogen and oxygen atoms in total. The Hall–Kier alpha value is -1.65. The van der Waals surface area contributed by atoms with Crippen molar-refractivity contribution < 1.29 is 15.0 Å². The Balaban J connectivity index is 3.52. The number of carbonyl (C=O) groups excluding carboxylic acids is 1. The maximum absolute atomic E-state index is 12.4. The Morgan fingerprint density at radius 1 is 0.451 bits per heavy atom. The summed E-state index contributed by atoms with van der Waals surface area (Å²) in [5.41, 5.74) is 0. The van der Waals surface area contributed by atoms with Crippen molar-refractivity contribution in [2.24, 2.45) is 0 Å². The number of unbranched alkanes of at least 4 members (excludes halogenated alkanes) is 27. The van der Waals surface area contributed by atoms with Gasteiger partial charge in [-0.15, -0.1) is 0 Å². The molecule has 0 spiro atoms. The predicted molar refractivity (Wildman–Crippen MR) is 225 cm³/mol. The van der Waals surface area contributed by atoms with Crippen LogP contribution in [0.5, 0.6) is 0 Å². The van der Waals surface area contributed by atoms with E-state index in [-0.39, 0.29) is 12.5 Å². The number of hydrogen-bond acceptors (Lipinski definition) is 3. The third-order valence-electron chi connectivity index (χ3n) is 10.0. The average Bonchev–Trinajstić information content (AvgIpc) is 3.13. The Morgan fingerprint density at radius 2 is 0.784 bits per heavy atom. The first-order chi connectivity index (χ1) is 25.2. The van der Waals surface area contributed by atoms with Gasteiger partial charge in [0.05, 0.1) is 18.8 Å². The van der Waals surface area contributed by atoms with Crippen LogP contribution in [0.1, 0.15) is 226 Å². The molecule has 4 heteroatoms. The highest BCUT2D eigenvalue weighted by Gasteiger charge is 2.17. The highest BCUT2D eigenvalue weighted by atomic mass is 16.3. The van der Waals surface area contributed by atoms with Gasteiger partial charge in [0.25, 0.3) is 0 Å². The van der Waals surface area contributed by atoms with Crippen LogP contribution in [0.2, 0.25) is 0 Å². The van der Waals surface area contributed by atoms with Gasteiger partial charge in [-0.2, -0.15) is 0 Å². The first-order valence-corrected chi connectivity index (χ1v) is 22.4. The van der Waals surface area contributed by atoms with Crippen LogP contribution in [-0.4, -0.2) is 34.9 Å². The van der Waals surface area contributed by atoms with Crippen LogP contribution >= 0.6 is 0 Å². The summed E-state index contributed by atoms with van der Waals surface area (Å²) in [5, 5.41) is 22.9. The molecule has 1 amide bonds. The molecule has 0 saturated carbocycles. The summed E-state index contributed by atoms with van der Waals surface area (Å²) in [6.45, 7) is 4.25. The fourth-order valence-corrected chi connectivity index (χ4v) is 6.54. The summed E-state index contributed by atoms with van der Waals surface area (Å²) < 4.78 is 0. The lowest BCUT2D eigenvalue weighted by Gasteiger charge is -2.19. The molecular weight excluding hydrogens is 627 g/mol. The average molecular weight is 714 g/mol. The van der Waals surface area contributed by atoms with Crippen LogP contribution in [0, 0.1) is 0 Å². The molecule has 0 aromatic carbocycles. The smallest absolute Gasteiger partial charge is 0.220 e. The number of rotatable bonds is 40. The molecule has 2 atom stereocenters. The summed E-state index contributed by atoms with van der Waals surface area (Å²) in [7, 11) is 0. The molecule has 3 N–H and O–H groups in total. The monoisotopic (exact) mass is 714 g/mol. The van der Waals surface area contributed by atoms with Gasteiger partial charge >= 0.3 is 0 Å². The topological polar surface area (TPSA) is 69.6 Å². The van der Waals surface area contributed by atoms with E-state index in [1.807, 2.05) is 6.08 Å². The Bertz CT molecular complexity index is 816. The van der Waals surface area contributed by atoms with Gasteiger partial charge in [0.2, 0.25) is 5.91 Å². The summed E-state index contributed by atoms with van der Waals surface area (Å²) in [6, 6.07) is -0.644. The number of aliphatic hydroxyl groups is 2. The van der Waals surface area contributed by atoms with E-state index in [0.717, 1.165) is 38.5 Å². The van der Waals surface area contributed by atoms with Crippen LogP contribution in [-0.2, 0) is 4.79 Å². The van der Waals surface area contributed by atoms with Crippen LogP contribution in [0.3, 0.4) is 0 Å². The fraction of sp³-hybridized carbons (Fsp3) is 0.809. The first kappa shape index (κ1) is 49.4. The van der Waals surface area contributed by atoms with E-state index in [9.17, 15) is 15.0 Å². The van der Waals surface area contributed by atoms with E-state index >= 15 is 0 Å². The van der Waals surface area contributed by atoms with Gasteiger partial charge in [0, 0.05) is 6.42 Å². The van der Waals surface area contributed by atoms with Crippen LogP contribution in [0.15, 0.2) is 48.6 Å². The highest BCUT2D eigenvalue weighted by Crippen LogP contribution is 2.15. The van der Waals surface area contributed by atoms with Crippen LogP contribution in [0.25, 0.3) is 0 Å². The van der Waals surface area contributed by atoms with Crippen molar-refractivity contribution in [3.05, 3.63) is 48.6 Å². The number of amides is 1. The lowest BCUT2D eigenvalue weighted by atomic mass is 10.0. The van der Waals surface area contributed by atoms with Gasteiger partial charge in [-0.1, -0.05) is 204 Å². The van der Waals surface area contributed by atoms with Crippen LogP contribution < -0.4 is 5.32 Å². The van der Waals surface area contributed by atoms with Crippen molar-refractivity contribution in [1.82, 2.24) is 5.32 Å². The normalized spacial score (nSPS) is 13.4. The molecule has 0 aliphatic rings. The Morgan fingerprint density at radius 3 is 1.20 bits per heavy atom. The zero-order valence-electron chi connectivity index (χ0n) is 34.1. The number of carbonyl (C=O) groups is 1. The minimum absolute atomic E-state index is 0.0803. The van der Waals surface area contributed by atoms with Gasteiger partial charge < -0.3 is 15.5 Å². The van der Waals surface area contributed by atoms with E-state index in [2.05, 4.69) is 55.6 Å². The van der Waals surface area contributed by atoms with Gasteiger partial charge in [-0.3, -0.25) is 4.79 Å². The number of hydrogen-bond donors (Lipinski definition) is 3. The second-order valence-electron chi connectivity index (χ2n) is 15.1. The molecule has 0 saturated heterocycles. The van der Waals surface area contributed by atoms with Gasteiger partial charge in [0.1, 0.15) is 0 Å². The molecule has 2 unspecified atom stereocenters. The molecule has 0 bridgehead atoms. The molecule has 0 radical (unpaired) electrons. The van der Waals surface area contributed by atoms with Crippen molar-refractivity contribution >= 4 is 5.91 Å². The summed E-state index contributed by atoms with van der Waals surface area (Å²) >= 11 is 0. The van der Waals surface area contributed by atoms with Crippen molar-refractivity contribution in [2.45, 2.75) is 238 Å². The van der Waals surface area contributed by atoms with Crippen molar-refractivity contribution in [3.8, 4) is 0 Å². The maximum atomic E-state index is 12.4. The number of nitrogens with one attached hydrogen (secondary N) is 1. The Kier molecular flexibility index (Phi) is 41.4. The molecule has 0 fully saturated rings. The van der Waals surface area contributed by atoms with E-state index in [4.69, 9.17) is 0 Å². The molecular formula is C47H87NO3. The van der Waals surface area contributed by atoms with Crippen molar-refractivity contribution in [1.29, 1.82) is 0 Å². The molecule has 0 aromatic heterocycles. The standard InChI is InChI=1S/C47H87NO3/c1-3-5-7-9-11-13-15-17-18-19-20-21-22-23-24-25-26-27-28-29-30-31-33-35-37-39-41-43-47(51)48-45(44-49)46(50)42-40-38-36-34-32-16-14-12-10-8-6-4-2/h10,12,23-24,32,34,40,42,45-46,49-50H,3-9,11,13-22,25-31,33,35-39,41,43-44H2,1-2H3,(H,48,51)/b12-10+,24-23-,34-32+,42-40+. The zero-order valence-corrected chi connectivity index (χ0v) is 34.1. The summed E-state index contributed by atoms with van der Waals surface area (Å²) in [5.74, 6) is -0.0803. The second kappa shape index (κ2) is 42.8. The third kappa shape index (κ3) is 39.4. The second-order valence-corrected chi connectivity index (χ2v) is 15.1. The largest absolute Gasteiger partial charge is 0.394 e. The highest BCUT2D eigenvalue weighted by molar-refractivity contribution is 5.76. The number of allylic oxidation sites excluding steroid dienone is 7. The van der Waals surface area contributed by atoms with Gasteiger partial charge in [0.15, 0.2) is 0 Å². The molecule has 0 heterocycles. The molecule has 0 rings (SSSR count). The van der Waals surface area contributed by atoms with E-state index < -0.39 is 12.1 Å². The quantitative estimate of drug-likeness (QED) is 0.0437. The third-order valence-corrected chi connectivity index (χ3v) is 10.0. The molecule has 51 heavy (non-hydrogen) atoms. The number of aliphatic hydroxyl groups excluding tert-OH is 2. The first-order valence-electron chi connectivity index (χ1n) is 22.4. The van der Waals surface area contributed by atoms with E-state index in [1.54, 1.807) is 6.08 Å². The summed E-state index contributed by atoms with van der Waals surface area (Å²) in [6.07, 6.45) is 58.1. The molecule has 0 aliphatic carbocycles. The van der Waals surface area contributed by atoms with Crippen LogP contribution in [0.4, 0.5) is 0 Å². The SMILES string of the molecule is CCCC/C=C/CC/C=C/CC/C=C/C(O)C(CO)NC(=O)CCCCCCCCCCCCC/C=C\CCCCCCCCCCCCCC. The fourth-order valence-electron chi connectivity index (χ4n) is 6.54. The zero-order chi connectivity index (χ0) is 37.1. The van der Waals surface area contributed by atoms with E-state index in [0.29, 0.717) is 6.42 Å². The summed E-state index contributed by atoms with van der Waals surface area (Å²) in [4.78, 5) is 12.4. The van der Waals surface area contributed by atoms with E-state index in [1.165, 1.54) is 167 Å². The van der Waals surface area contributed by atoms with Crippen molar-refractivity contribution in [2.75, 3.05) is 6.61 Å². The Labute approximate surface area is 318 Å². The lowest BCUT2D eigenvalue weighted by molar-refractivity contribution is -0.123. The minimum atomic E-state index is -0.869. The lowest BCUT2D eigenvalue weighted by Crippen LogP contribution is -2.45. The van der Waals surface area contributed by atoms with Gasteiger partial charge in [-0.05, 0) is 64.2 Å². The van der Waals surface area contributed by atoms with Crippen molar-refractivity contribution in [3.63, 3.8) is 0 Å². The molecule has 0 aromatic rings. The van der Waals surface area contributed by atoms with Gasteiger partial charge in [-0.25, -0.2) is 0 Å². The molecule has 298 valence electrons. The maximum Gasteiger partial charge on any atom is 0.220 e. The predicted octanol–water partition coefficient (Wildman–Crippen LogP) is 14.0.